The van der Waals surface area contributed by atoms with Gasteiger partial charge in [-0.2, -0.15) is 0 Å². The first-order valence-electron chi connectivity index (χ1n) is 8.18. The molecule has 2 N–H and O–H groups in total. The summed E-state index contributed by atoms with van der Waals surface area (Å²) in [4.78, 5) is 24.3. The Morgan fingerprint density at radius 2 is 1.96 bits per heavy atom. The number of carbonyl (C=O) groups excluding carboxylic acids is 2. The normalized spacial score (nSPS) is 15.3. The molecule has 0 saturated heterocycles. The summed E-state index contributed by atoms with van der Waals surface area (Å²) in [5.41, 5.74) is 2.07. The lowest BCUT2D eigenvalue weighted by molar-refractivity contribution is 0.0600. The lowest BCUT2D eigenvalue weighted by atomic mass is 10.0. The van der Waals surface area contributed by atoms with Crippen molar-refractivity contribution in [3.8, 4) is 11.5 Å². The summed E-state index contributed by atoms with van der Waals surface area (Å²) in [5, 5.41) is 6.14. The summed E-state index contributed by atoms with van der Waals surface area (Å²) >= 11 is 0. The van der Waals surface area contributed by atoms with Crippen molar-refractivity contribution in [2.75, 3.05) is 26.1 Å². The van der Waals surface area contributed by atoms with E-state index in [1.54, 1.807) is 25.3 Å². The molecular formula is C19H20N2O5. The van der Waals surface area contributed by atoms with Crippen molar-refractivity contribution in [1.82, 2.24) is 5.32 Å². The topological polar surface area (TPSA) is 85.9 Å². The molecule has 1 unspecified atom stereocenters. The fourth-order valence-corrected chi connectivity index (χ4v) is 2.88. The first kappa shape index (κ1) is 17.6. The Labute approximate surface area is 151 Å². The summed E-state index contributed by atoms with van der Waals surface area (Å²) < 4.78 is 15.8. The number of hydrogen-bond donors (Lipinski definition) is 2. The van der Waals surface area contributed by atoms with Gasteiger partial charge in [-0.05, 0) is 31.2 Å². The van der Waals surface area contributed by atoms with Crippen LogP contribution in [0.1, 0.15) is 39.4 Å². The van der Waals surface area contributed by atoms with Crippen molar-refractivity contribution in [2.24, 2.45) is 0 Å². The van der Waals surface area contributed by atoms with Crippen LogP contribution in [-0.2, 0) is 4.74 Å². The summed E-state index contributed by atoms with van der Waals surface area (Å²) in [6, 6.07) is 10.3. The third-order valence-electron chi connectivity index (χ3n) is 4.09. The molecule has 3 rings (SSSR count). The Hall–Kier alpha value is -3.22. The van der Waals surface area contributed by atoms with Crippen LogP contribution in [0.3, 0.4) is 0 Å². The van der Waals surface area contributed by atoms with E-state index in [9.17, 15) is 9.59 Å². The van der Waals surface area contributed by atoms with Crippen molar-refractivity contribution >= 4 is 17.6 Å². The molecule has 1 atom stereocenters. The van der Waals surface area contributed by atoms with E-state index in [1.807, 2.05) is 19.1 Å². The molecule has 26 heavy (non-hydrogen) atoms. The quantitative estimate of drug-likeness (QED) is 0.801. The fraction of sp³-hybridized carbons (Fsp3) is 0.263. The lowest BCUT2D eigenvalue weighted by Gasteiger charge is -2.29. The summed E-state index contributed by atoms with van der Waals surface area (Å²) in [7, 11) is 2.87. The largest absolute Gasteiger partial charge is 0.493 e. The molecule has 0 saturated carbocycles. The zero-order chi connectivity index (χ0) is 18.7. The molecule has 0 spiro atoms. The number of esters is 1. The molecule has 0 aromatic heterocycles. The van der Waals surface area contributed by atoms with E-state index in [4.69, 9.17) is 14.2 Å². The molecule has 1 amide bonds. The van der Waals surface area contributed by atoms with Crippen molar-refractivity contribution < 1.29 is 23.8 Å². The van der Waals surface area contributed by atoms with E-state index in [2.05, 4.69) is 10.6 Å². The molecule has 0 radical (unpaired) electrons. The van der Waals surface area contributed by atoms with Gasteiger partial charge in [0.05, 0.1) is 32.0 Å². The highest BCUT2D eigenvalue weighted by Gasteiger charge is 2.28. The predicted molar refractivity (Wildman–Crippen MR) is 95.8 cm³/mol. The van der Waals surface area contributed by atoms with Gasteiger partial charge in [0.25, 0.3) is 5.91 Å². The van der Waals surface area contributed by atoms with Gasteiger partial charge in [0.1, 0.15) is 6.17 Å². The van der Waals surface area contributed by atoms with Gasteiger partial charge in [-0.1, -0.05) is 12.1 Å². The number of hydrogen-bond acceptors (Lipinski definition) is 6. The van der Waals surface area contributed by atoms with Gasteiger partial charge in [0.15, 0.2) is 11.5 Å². The van der Waals surface area contributed by atoms with E-state index in [0.717, 1.165) is 5.56 Å². The number of benzene rings is 2. The van der Waals surface area contributed by atoms with Gasteiger partial charge in [-0.25, -0.2) is 4.79 Å². The maximum absolute atomic E-state index is 12.6. The minimum atomic E-state index is -0.492. The molecule has 7 nitrogen and oxygen atoms in total. The van der Waals surface area contributed by atoms with Crippen molar-refractivity contribution in [1.29, 1.82) is 0 Å². The third kappa shape index (κ3) is 3.15. The van der Waals surface area contributed by atoms with Crippen LogP contribution in [0.4, 0.5) is 5.69 Å². The number of nitrogens with one attached hydrogen (secondary N) is 2. The third-order valence-corrected chi connectivity index (χ3v) is 4.09. The first-order chi connectivity index (χ1) is 12.6. The molecule has 2 aromatic carbocycles. The number of fused-ring (bicyclic) bond motifs is 1. The van der Waals surface area contributed by atoms with Crippen LogP contribution in [0.25, 0.3) is 0 Å². The minimum Gasteiger partial charge on any atom is -0.493 e. The smallest absolute Gasteiger partial charge is 0.337 e. The Morgan fingerprint density at radius 3 is 2.65 bits per heavy atom. The van der Waals surface area contributed by atoms with E-state index in [1.165, 1.54) is 13.2 Å². The summed E-state index contributed by atoms with van der Waals surface area (Å²) in [5.74, 6) is 0.381. The monoisotopic (exact) mass is 356 g/mol. The van der Waals surface area contributed by atoms with E-state index in [0.29, 0.717) is 34.9 Å². The zero-order valence-corrected chi connectivity index (χ0v) is 14.8. The van der Waals surface area contributed by atoms with Gasteiger partial charge in [-0.3, -0.25) is 4.79 Å². The maximum atomic E-state index is 12.6. The number of methoxy groups -OCH3 is 2. The Bertz CT molecular complexity index is 850. The van der Waals surface area contributed by atoms with Crippen molar-refractivity contribution in [2.45, 2.75) is 13.1 Å². The van der Waals surface area contributed by atoms with E-state index in [-0.39, 0.29) is 5.91 Å². The highest BCUT2D eigenvalue weighted by Crippen LogP contribution is 2.37. The average Bonchev–Trinajstić information content (AvgIpc) is 2.67. The second kappa shape index (κ2) is 7.35. The fourth-order valence-electron chi connectivity index (χ4n) is 2.88. The van der Waals surface area contributed by atoms with Gasteiger partial charge in [0, 0.05) is 11.3 Å². The minimum absolute atomic E-state index is 0.292. The number of rotatable bonds is 5. The first-order valence-corrected chi connectivity index (χ1v) is 8.18. The molecule has 136 valence electrons. The van der Waals surface area contributed by atoms with Crippen LogP contribution in [0.2, 0.25) is 0 Å². The average molecular weight is 356 g/mol. The highest BCUT2D eigenvalue weighted by molar-refractivity contribution is 6.04. The lowest BCUT2D eigenvalue weighted by Crippen LogP contribution is -2.38. The SMILES string of the molecule is CCOc1c(OC)cccc1C1NC(=O)c2cc(C(=O)OC)ccc2N1. The number of carbonyl (C=O) groups is 2. The standard InChI is InChI=1S/C19H20N2O5/c1-4-26-16-12(6-5-7-15(16)24-2)17-20-14-9-8-11(19(23)25-3)10-13(14)18(22)21-17/h5-10,17,20H,4H2,1-3H3,(H,21,22). The summed E-state index contributed by atoms with van der Waals surface area (Å²) in [6.45, 7) is 2.35. The predicted octanol–water partition coefficient (Wildman–Crippen LogP) is 2.73. The van der Waals surface area contributed by atoms with E-state index >= 15 is 0 Å². The molecule has 1 aliphatic heterocycles. The van der Waals surface area contributed by atoms with Crippen molar-refractivity contribution in [3.63, 3.8) is 0 Å². The molecule has 1 aliphatic rings. The van der Waals surface area contributed by atoms with Crippen LogP contribution in [-0.4, -0.2) is 32.7 Å². The molecular weight excluding hydrogens is 336 g/mol. The Kier molecular flexibility index (Phi) is 4.97. The van der Waals surface area contributed by atoms with Crippen molar-refractivity contribution in [3.05, 3.63) is 53.1 Å². The molecule has 0 aliphatic carbocycles. The summed E-state index contributed by atoms with van der Waals surface area (Å²) in [6.07, 6.45) is -0.490. The number of anilines is 1. The van der Waals surface area contributed by atoms with Gasteiger partial charge in [0.2, 0.25) is 0 Å². The molecule has 1 heterocycles. The van der Waals surface area contributed by atoms with E-state index < -0.39 is 12.1 Å². The number of para-hydroxylation sites is 1. The maximum Gasteiger partial charge on any atom is 0.337 e. The second-order valence-corrected chi connectivity index (χ2v) is 5.61. The Morgan fingerprint density at radius 1 is 1.15 bits per heavy atom. The van der Waals surface area contributed by atoms with Crippen LogP contribution >= 0.6 is 0 Å². The molecule has 2 aromatic rings. The number of amides is 1. The van der Waals surface area contributed by atoms with Gasteiger partial charge >= 0.3 is 5.97 Å². The van der Waals surface area contributed by atoms with Crippen LogP contribution in [0.5, 0.6) is 11.5 Å². The van der Waals surface area contributed by atoms with Gasteiger partial charge < -0.3 is 24.8 Å². The molecule has 0 bridgehead atoms. The van der Waals surface area contributed by atoms with Crippen LogP contribution < -0.4 is 20.1 Å². The Balaban J connectivity index is 1.97. The van der Waals surface area contributed by atoms with Crippen LogP contribution in [0.15, 0.2) is 36.4 Å². The number of ether oxygens (including phenoxy) is 3. The van der Waals surface area contributed by atoms with Crippen LogP contribution in [0, 0.1) is 0 Å². The second-order valence-electron chi connectivity index (χ2n) is 5.61. The van der Waals surface area contributed by atoms with Gasteiger partial charge in [-0.15, -0.1) is 0 Å². The highest BCUT2D eigenvalue weighted by atomic mass is 16.5. The molecule has 0 fully saturated rings. The zero-order valence-electron chi connectivity index (χ0n) is 14.8. The molecule has 7 heteroatoms.